The SMILES string of the molecule is CNCCOC1=C2C(=O)N(C3CCC(=O)NC3=O)C(=O)C23CC3C=C1.[HH].[HH]. The van der Waals surface area contributed by atoms with Crippen LogP contribution in [-0.2, 0) is 23.9 Å². The zero-order chi connectivity index (χ0) is 17.8. The highest BCUT2D eigenvalue weighted by atomic mass is 16.5. The van der Waals surface area contributed by atoms with E-state index in [2.05, 4.69) is 10.6 Å². The maximum Gasteiger partial charge on any atom is 0.262 e. The van der Waals surface area contributed by atoms with Crippen molar-refractivity contribution < 1.29 is 26.8 Å². The number of nitrogens with one attached hydrogen (secondary N) is 2. The summed E-state index contributed by atoms with van der Waals surface area (Å²) in [4.78, 5) is 50.6. The first kappa shape index (κ1) is 16.0. The van der Waals surface area contributed by atoms with Gasteiger partial charge >= 0.3 is 0 Å². The lowest BCUT2D eigenvalue weighted by molar-refractivity contribution is -0.151. The molecule has 0 bridgehead atoms. The normalized spacial score (nSPS) is 33.4. The third-order valence-corrected chi connectivity index (χ3v) is 5.35. The Kier molecular flexibility index (Phi) is 3.54. The number of allylic oxidation sites excluding steroid dienone is 2. The van der Waals surface area contributed by atoms with Crippen LogP contribution >= 0.6 is 0 Å². The van der Waals surface area contributed by atoms with E-state index in [1.54, 1.807) is 13.1 Å². The Morgan fingerprint density at radius 2 is 2.20 bits per heavy atom. The molecular weight excluding hydrogens is 326 g/mol. The van der Waals surface area contributed by atoms with Gasteiger partial charge in [0.2, 0.25) is 17.7 Å². The summed E-state index contributed by atoms with van der Waals surface area (Å²) in [6.45, 7) is 0.986. The lowest BCUT2D eigenvalue weighted by Crippen LogP contribution is -2.54. The molecular formula is C17H23N3O5. The number of hydrogen-bond donors (Lipinski definition) is 2. The van der Waals surface area contributed by atoms with Crippen molar-refractivity contribution >= 4 is 23.6 Å². The van der Waals surface area contributed by atoms with E-state index in [-0.39, 0.29) is 33.4 Å². The van der Waals surface area contributed by atoms with Gasteiger partial charge in [0.25, 0.3) is 5.91 Å². The fourth-order valence-electron chi connectivity index (χ4n) is 3.99. The summed E-state index contributed by atoms with van der Waals surface area (Å²) in [6, 6.07) is -0.926. The first-order valence-corrected chi connectivity index (χ1v) is 8.42. The second-order valence-electron chi connectivity index (χ2n) is 6.78. The largest absolute Gasteiger partial charge is 0.492 e. The molecule has 2 saturated heterocycles. The molecule has 2 aliphatic heterocycles. The molecule has 1 saturated carbocycles. The van der Waals surface area contributed by atoms with Gasteiger partial charge in [0.05, 0.1) is 11.0 Å². The Morgan fingerprint density at radius 3 is 2.92 bits per heavy atom. The maximum absolute atomic E-state index is 13.0. The minimum absolute atomic E-state index is 0. The number of rotatable bonds is 5. The third kappa shape index (κ3) is 2.17. The van der Waals surface area contributed by atoms with Crippen LogP contribution in [0.3, 0.4) is 0 Å². The average molecular weight is 349 g/mol. The number of imide groups is 2. The molecule has 136 valence electrons. The van der Waals surface area contributed by atoms with Gasteiger partial charge in [0.15, 0.2) is 0 Å². The van der Waals surface area contributed by atoms with Crippen LogP contribution in [0.2, 0.25) is 0 Å². The number of piperidine rings is 1. The van der Waals surface area contributed by atoms with Gasteiger partial charge in [-0.1, -0.05) is 6.08 Å². The summed E-state index contributed by atoms with van der Waals surface area (Å²) in [6.07, 6.45) is 4.50. The molecule has 3 fully saturated rings. The molecule has 2 heterocycles. The number of likely N-dealkylation sites (N-methyl/N-ethyl adjacent to an activating group) is 1. The van der Waals surface area contributed by atoms with Crippen molar-refractivity contribution in [1.82, 2.24) is 15.5 Å². The van der Waals surface area contributed by atoms with Crippen LogP contribution in [0.1, 0.15) is 22.1 Å². The van der Waals surface area contributed by atoms with Crippen LogP contribution in [0, 0.1) is 11.3 Å². The molecule has 4 aliphatic rings. The molecule has 25 heavy (non-hydrogen) atoms. The van der Waals surface area contributed by atoms with Gasteiger partial charge in [-0.2, -0.15) is 0 Å². The summed E-state index contributed by atoms with van der Waals surface area (Å²) in [7, 11) is 1.80. The fraction of sp³-hybridized carbons (Fsp3) is 0.529. The second-order valence-corrected chi connectivity index (χ2v) is 6.78. The van der Waals surface area contributed by atoms with Crippen molar-refractivity contribution in [1.29, 1.82) is 0 Å². The predicted molar refractivity (Wildman–Crippen MR) is 88.8 cm³/mol. The molecule has 1 spiro atoms. The Hall–Kier alpha value is -2.48. The molecule has 4 amide bonds. The highest BCUT2D eigenvalue weighted by molar-refractivity contribution is 6.22. The third-order valence-electron chi connectivity index (χ3n) is 5.35. The lowest BCUT2D eigenvalue weighted by Gasteiger charge is -2.28. The zero-order valence-electron chi connectivity index (χ0n) is 13.8. The van der Waals surface area contributed by atoms with E-state index in [4.69, 9.17) is 4.74 Å². The van der Waals surface area contributed by atoms with E-state index in [9.17, 15) is 19.2 Å². The molecule has 0 aromatic heterocycles. The molecule has 3 unspecified atom stereocenters. The molecule has 8 heteroatoms. The van der Waals surface area contributed by atoms with Crippen LogP contribution < -0.4 is 10.6 Å². The number of carbonyl (C=O) groups excluding carboxylic acids is 4. The van der Waals surface area contributed by atoms with Crippen LogP contribution in [0.5, 0.6) is 0 Å². The lowest BCUT2D eigenvalue weighted by atomic mass is 9.91. The van der Waals surface area contributed by atoms with E-state index in [0.717, 1.165) is 4.90 Å². The Labute approximate surface area is 147 Å². The van der Waals surface area contributed by atoms with Gasteiger partial charge in [-0.15, -0.1) is 0 Å². The first-order chi connectivity index (χ1) is 12.0. The van der Waals surface area contributed by atoms with Gasteiger partial charge in [-0.25, -0.2) is 0 Å². The minimum Gasteiger partial charge on any atom is -0.492 e. The number of hydrogen-bond acceptors (Lipinski definition) is 6. The topological polar surface area (TPSA) is 105 Å². The molecule has 8 nitrogen and oxygen atoms in total. The standard InChI is InChI=1S/C17H19N3O5.2H2/c1-18-6-7-25-11-4-2-9-8-17(9)13(11)15(23)20(16(17)24)10-3-5-12(21)19-14(10)22;;/h2,4,9-10,18H,3,5-8H2,1H3,(H,19,21,22);2*1H. The summed E-state index contributed by atoms with van der Waals surface area (Å²) >= 11 is 0. The molecule has 0 aromatic rings. The van der Waals surface area contributed by atoms with Gasteiger partial charge in [-0.3, -0.25) is 29.4 Å². The molecule has 3 atom stereocenters. The van der Waals surface area contributed by atoms with E-state index in [1.807, 2.05) is 6.08 Å². The van der Waals surface area contributed by atoms with Gasteiger partial charge in [0, 0.05) is 15.8 Å². The summed E-state index contributed by atoms with van der Waals surface area (Å²) in [5.41, 5.74) is -0.506. The Morgan fingerprint density at radius 1 is 1.40 bits per heavy atom. The monoisotopic (exact) mass is 349 g/mol. The number of ether oxygens (including phenoxy) is 1. The fourth-order valence-corrected chi connectivity index (χ4v) is 3.99. The van der Waals surface area contributed by atoms with Crippen LogP contribution in [0.4, 0.5) is 0 Å². The van der Waals surface area contributed by atoms with E-state index in [1.165, 1.54) is 0 Å². The summed E-state index contributed by atoms with van der Waals surface area (Å²) in [5, 5.41) is 5.17. The van der Waals surface area contributed by atoms with Crippen molar-refractivity contribution in [2.45, 2.75) is 25.3 Å². The van der Waals surface area contributed by atoms with Crippen LogP contribution in [-0.4, -0.2) is 54.8 Å². The van der Waals surface area contributed by atoms with Crippen molar-refractivity contribution in [3.05, 3.63) is 23.5 Å². The second kappa shape index (κ2) is 5.52. The minimum atomic E-state index is -0.926. The van der Waals surface area contributed by atoms with Crippen LogP contribution in [0.15, 0.2) is 23.5 Å². The Bertz CT molecular complexity index is 766. The smallest absolute Gasteiger partial charge is 0.262 e. The molecule has 2 aliphatic carbocycles. The number of nitrogens with zero attached hydrogens (tertiary/aromatic N) is 1. The van der Waals surface area contributed by atoms with Crippen molar-refractivity contribution in [2.24, 2.45) is 11.3 Å². The van der Waals surface area contributed by atoms with Crippen LogP contribution in [0.25, 0.3) is 0 Å². The highest BCUT2D eigenvalue weighted by Crippen LogP contribution is 2.65. The maximum atomic E-state index is 13.0. The van der Waals surface area contributed by atoms with E-state index in [0.29, 0.717) is 30.9 Å². The van der Waals surface area contributed by atoms with E-state index >= 15 is 0 Å². The highest BCUT2D eigenvalue weighted by Gasteiger charge is 2.72. The van der Waals surface area contributed by atoms with Crippen molar-refractivity contribution in [3.63, 3.8) is 0 Å². The number of amides is 4. The van der Waals surface area contributed by atoms with E-state index < -0.39 is 23.3 Å². The van der Waals surface area contributed by atoms with Crippen molar-refractivity contribution in [3.8, 4) is 0 Å². The molecule has 0 radical (unpaired) electrons. The zero-order valence-corrected chi connectivity index (χ0v) is 13.8. The summed E-state index contributed by atoms with van der Waals surface area (Å²) < 4.78 is 5.70. The molecule has 4 rings (SSSR count). The van der Waals surface area contributed by atoms with Crippen molar-refractivity contribution in [2.75, 3.05) is 20.2 Å². The predicted octanol–water partition coefficient (Wildman–Crippen LogP) is -0.281. The van der Waals surface area contributed by atoms with Gasteiger partial charge in [-0.05, 0) is 31.9 Å². The van der Waals surface area contributed by atoms with Gasteiger partial charge < -0.3 is 10.1 Å². The average Bonchev–Trinajstić information content (AvgIpc) is 3.27. The first-order valence-electron chi connectivity index (χ1n) is 8.42. The molecule has 2 N–H and O–H groups in total. The Balaban J connectivity index is 0.00000131. The summed E-state index contributed by atoms with van der Waals surface area (Å²) in [5.74, 6) is -1.38. The quantitative estimate of drug-likeness (QED) is 0.522. The number of carbonyl (C=O) groups is 4. The van der Waals surface area contributed by atoms with Gasteiger partial charge in [0.1, 0.15) is 18.4 Å². The number of likely N-dealkylation sites (tertiary alicyclic amines) is 1. The molecule has 0 aromatic carbocycles.